The molecule has 1 atom stereocenters. The average Bonchev–Trinajstić information content (AvgIpc) is 2.61. The van der Waals surface area contributed by atoms with Crippen LogP contribution in [-0.4, -0.2) is 58.9 Å². The zero-order valence-corrected chi connectivity index (χ0v) is 13.2. The van der Waals surface area contributed by atoms with E-state index >= 15 is 0 Å². The third kappa shape index (κ3) is 3.29. The van der Waals surface area contributed by atoms with Gasteiger partial charge in [0.1, 0.15) is 12.1 Å². The van der Waals surface area contributed by atoms with Gasteiger partial charge in [0.2, 0.25) is 5.91 Å². The molecule has 120 valence electrons. The number of nitrogens with zero attached hydrogens (tertiary/aromatic N) is 2. The van der Waals surface area contributed by atoms with Gasteiger partial charge in [-0.2, -0.15) is 0 Å². The number of amides is 4. The van der Waals surface area contributed by atoms with E-state index in [0.717, 1.165) is 19.3 Å². The number of carbonyl (C=O) groups excluding carboxylic acids is 3. The van der Waals surface area contributed by atoms with Crippen molar-refractivity contribution in [3.05, 3.63) is 0 Å². The first kappa shape index (κ1) is 17.7. The lowest BCUT2D eigenvalue weighted by Gasteiger charge is -2.37. The van der Waals surface area contributed by atoms with Crippen LogP contribution in [0.1, 0.15) is 33.1 Å². The number of halogens is 1. The molecule has 0 aliphatic carbocycles. The number of carbonyl (C=O) groups is 3. The lowest BCUT2D eigenvalue weighted by atomic mass is 10.0. The van der Waals surface area contributed by atoms with Crippen LogP contribution in [0.5, 0.6) is 0 Å². The largest absolute Gasteiger partial charge is 0.337 e. The highest BCUT2D eigenvalue weighted by atomic mass is 35.5. The molecule has 2 saturated heterocycles. The van der Waals surface area contributed by atoms with Gasteiger partial charge in [-0.05, 0) is 33.1 Å². The van der Waals surface area contributed by atoms with Gasteiger partial charge in [-0.25, -0.2) is 4.79 Å². The summed E-state index contributed by atoms with van der Waals surface area (Å²) in [6.45, 7) is 4.29. The van der Waals surface area contributed by atoms with Gasteiger partial charge in [-0.15, -0.1) is 12.4 Å². The predicted molar refractivity (Wildman–Crippen MR) is 80.0 cm³/mol. The molecule has 0 saturated carbocycles. The molecule has 2 aliphatic rings. The topological polar surface area (TPSA) is 95.7 Å². The van der Waals surface area contributed by atoms with Crippen molar-refractivity contribution in [1.29, 1.82) is 0 Å². The van der Waals surface area contributed by atoms with Crippen molar-refractivity contribution in [2.75, 3.05) is 19.6 Å². The second kappa shape index (κ2) is 6.62. The molecular weight excluding hydrogens is 296 g/mol. The number of hydrogen-bond acceptors (Lipinski definition) is 4. The van der Waals surface area contributed by atoms with Crippen LogP contribution >= 0.6 is 12.4 Å². The highest BCUT2D eigenvalue weighted by Gasteiger charge is 2.46. The van der Waals surface area contributed by atoms with E-state index in [-0.39, 0.29) is 36.8 Å². The summed E-state index contributed by atoms with van der Waals surface area (Å²) in [6.07, 6.45) is 2.92. The van der Waals surface area contributed by atoms with E-state index in [1.807, 2.05) is 0 Å². The first-order valence-electron chi connectivity index (χ1n) is 7.00. The maximum absolute atomic E-state index is 12.4. The van der Waals surface area contributed by atoms with E-state index < -0.39 is 11.6 Å². The molecule has 0 aromatic rings. The Bertz CT molecular complexity index is 441. The fourth-order valence-electron chi connectivity index (χ4n) is 2.76. The summed E-state index contributed by atoms with van der Waals surface area (Å²) in [7, 11) is 0. The summed E-state index contributed by atoms with van der Waals surface area (Å²) < 4.78 is 0. The third-order valence-corrected chi connectivity index (χ3v) is 4.21. The highest BCUT2D eigenvalue weighted by molar-refractivity contribution is 6.07. The number of imide groups is 1. The van der Waals surface area contributed by atoms with Crippen molar-refractivity contribution in [2.45, 2.75) is 44.7 Å². The molecule has 0 aromatic carbocycles. The number of likely N-dealkylation sites (tertiary alicyclic amines) is 1. The molecule has 1 unspecified atom stereocenters. The minimum atomic E-state index is -0.985. The smallest absolute Gasteiger partial charge is 0.325 e. The SMILES string of the molecule is CC1(C)C(=O)NC(=O)N1CC(=O)N1CCCCC1CN.Cl. The van der Waals surface area contributed by atoms with E-state index in [4.69, 9.17) is 5.73 Å². The maximum Gasteiger partial charge on any atom is 0.325 e. The van der Waals surface area contributed by atoms with Gasteiger partial charge >= 0.3 is 6.03 Å². The Kier molecular flexibility index (Phi) is 5.58. The molecule has 8 heteroatoms. The van der Waals surface area contributed by atoms with Crippen LogP contribution in [0.3, 0.4) is 0 Å². The molecule has 2 aliphatic heterocycles. The molecule has 0 radical (unpaired) electrons. The summed E-state index contributed by atoms with van der Waals surface area (Å²) in [5.41, 5.74) is 4.72. The molecule has 3 N–H and O–H groups in total. The fourth-order valence-corrected chi connectivity index (χ4v) is 2.76. The lowest BCUT2D eigenvalue weighted by Crippen LogP contribution is -2.54. The van der Waals surface area contributed by atoms with Crippen LogP contribution in [0.25, 0.3) is 0 Å². The molecule has 2 heterocycles. The monoisotopic (exact) mass is 318 g/mol. The summed E-state index contributed by atoms with van der Waals surface area (Å²) in [4.78, 5) is 38.9. The van der Waals surface area contributed by atoms with Gasteiger partial charge in [-0.1, -0.05) is 0 Å². The van der Waals surface area contributed by atoms with E-state index in [1.54, 1.807) is 18.7 Å². The normalized spacial score (nSPS) is 24.6. The number of rotatable bonds is 3. The molecule has 0 aromatic heterocycles. The number of nitrogens with one attached hydrogen (secondary N) is 1. The van der Waals surface area contributed by atoms with E-state index in [1.165, 1.54) is 4.90 Å². The molecule has 4 amide bonds. The zero-order chi connectivity index (χ0) is 14.9. The average molecular weight is 319 g/mol. The Morgan fingerprint density at radius 3 is 2.57 bits per heavy atom. The van der Waals surface area contributed by atoms with Crippen LogP contribution in [0.2, 0.25) is 0 Å². The minimum absolute atomic E-state index is 0. The van der Waals surface area contributed by atoms with Crippen molar-refractivity contribution in [1.82, 2.24) is 15.1 Å². The summed E-state index contributed by atoms with van der Waals surface area (Å²) in [6, 6.07) is -0.463. The van der Waals surface area contributed by atoms with E-state index in [0.29, 0.717) is 13.1 Å². The summed E-state index contributed by atoms with van der Waals surface area (Å²) in [5, 5.41) is 2.24. The van der Waals surface area contributed by atoms with Gasteiger partial charge in [-0.3, -0.25) is 14.9 Å². The van der Waals surface area contributed by atoms with E-state index in [2.05, 4.69) is 5.32 Å². The van der Waals surface area contributed by atoms with Crippen LogP contribution in [-0.2, 0) is 9.59 Å². The maximum atomic E-state index is 12.4. The first-order chi connectivity index (χ1) is 9.37. The zero-order valence-electron chi connectivity index (χ0n) is 12.4. The highest BCUT2D eigenvalue weighted by Crippen LogP contribution is 2.22. The van der Waals surface area contributed by atoms with Crippen molar-refractivity contribution < 1.29 is 14.4 Å². The number of piperidine rings is 1. The Morgan fingerprint density at radius 1 is 1.38 bits per heavy atom. The second-order valence-corrected chi connectivity index (χ2v) is 5.88. The van der Waals surface area contributed by atoms with Crippen molar-refractivity contribution in [3.8, 4) is 0 Å². The molecule has 21 heavy (non-hydrogen) atoms. The molecule has 2 fully saturated rings. The first-order valence-corrected chi connectivity index (χ1v) is 7.00. The standard InChI is InChI=1S/C13H22N4O3.ClH/c1-13(2)11(19)15-12(20)17(13)8-10(18)16-6-4-3-5-9(16)7-14;/h9H,3-8,14H2,1-2H3,(H,15,19,20);1H. The number of urea groups is 1. The minimum Gasteiger partial charge on any atom is -0.337 e. The third-order valence-electron chi connectivity index (χ3n) is 4.21. The number of nitrogens with two attached hydrogens (primary N) is 1. The number of hydrogen-bond donors (Lipinski definition) is 2. The Labute approximate surface area is 130 Å². The van der Waals surface area contributed by atoms with Gasteiger partial charge in [0, 0.05) is 19.1 Å². The molecular formula is C13H23ClN4O3. The Balaban J connectivity index is 0.00000220. The molecule has 7 nitrogen and oxygen atoms in total. The second-order valence-electron chi connectivity index (χ2n) is 5.88. The quantitative estimate of drug-likeness (QED) is 0.720. The van der Waals surface area contributed by atoms with Crippen LogP contribution in [0.15, 0.2) is 0 Å². The van der Waals surface area contributed by atoms with Gasteiger partial charge in [0.05, 0.1) is 0 Å². The van der Waals surface area contributed by atoms with Gasteiger partial charge in [0.25, 0.3) is 5.91 Å². The van der Waals surface area contributed by atoms with Crippen LogP contribution < -0.4 is 11.1 Å². The van der Waals surface area contributed by atoms with Crippen molar-refractivity contribution >= 4 is 30.3 Å². The van der Waals surface area contributed by atoms with Crippen molar-refractivity contribution in [2.24, 2.45) is 5.73 Å². The molecule has 2 rings (SSSR count). The van der Waals surface area contributed by atoms with Crippen LogP contribution in [0, 0.1) is 0 Å². The summed E-state index contributed by atoms with van der Waals surface area (Å²) in [5.74, 6) is -0.512. The fraction of sp³-hybridized carbons (Fsp3) is 0.769. The Hall–Kier alpha value is -1.34. The molecule has 0 bridgehead atoms. The van der Waals surface area contributed by atoms with Crippen LogP contribution in [0.4, 0.5) is 4.79 Å². The van der Waals surface area contributed by atoms with Crippen molar-refractivity contribution in [3.63, 3.8) is 0 Å². The van der Waals surface area contributed by atoms with E-state index in [9.17, 15) is 14.4 Å². The Morgan fingerprint density at radius 2 is 2.05 bits per heavy atom. The predicted octanol–water partition coefficient (Wildman–Crippen LogP) is 0.0784. The summed E-state index contributed by atoms with van der Waals surface area (Å²) >= 11 is 0. The lowest BCUT2D eigenvalue weighted by molar-refractivity contribution is -0.136. The molecule has 0 spiro atoms. The van der Waals surface area contributed by atoms with Gasteiger partial charge in [0.15, 0.2) is 0 Å². The van der Waals surface area contributed by atoms with Gasteiger partial charge < -0.3 is 15.5 Å².